The van der Waals surface area contributed by atoms with E-state index < -0.39 is 10.0 Å². The van der Waals surface area contributed by atoms with E-state index in [9.17, 15) is 8.42 Å². The van der Waals surface area contributed by atoms with Crippen molar-refractivity contribution < 1.29 is 8.42 Å². The molecule has 0 amide bonds. The van der Waals surface area contributed by atoms with Crippen LogP contribution in [0.25, 0.3) is 0 Å². The molecule has 0 aliphatic heterocycles. The van der Waals surface area contributed by atoms with Gasteiger partial charge in [0.15, 0.2) is 0 Å². The van der Waals surface area contributed by atoms with Crippen LogP contribution in [0.5, 0.6) is 0 Å². The van der Waals surface area contributed by atoms with E-state index in [1.165, 1.54) is 12.3 Å². The monoisotopic (exact) mass is 332 g/mol. The molecule has 106 valence electrons. The molecule has 2 rings (SSSR count). The average molecular weight is 333 g/mol. The minimum atomic E-state index is -3.79. The van der Waals surface area contributed by atoms with Gasteiger partial charge in [-0.1, -0.05) is 29.8 Å². The first kappa shape index (κ1) is 15.0. The van der Waals surface area contributed by atoms with Gasteiger partial charge in [0.25, 0.3) is 0 Å². The van der Waals surface area contributed by atoms with Gasteiger partial charge >= 0.3 is 0 Å². The van der Waals surface area contributed by atoms with Gasteiger partial charge in [-0.05, 0) is 23.2 Å². The second-order valence-electron chi connectivity index (χ2n) is 3.84. The Morgan fingerprint density at radius 2 is 1.95 bits per heavy atom. The number of primary sulfonamides is 1. The lowest BCUT2D eigenvalue weighted by Gasteiger charge is -2.10. The van der Waals surface area contributed by atoms with E-state index in [0.29, 0.717) is 11.4 Å². The van der Waals surface area contributed by atoms with Crippen LogP contribution in [0.2, 0.25) is 10.3 Å². The normalized spacial score (nSPS) is 11.3. The van der Waals surface area contributed by atoms with Gasteiger partial charge in [0, 0.05) is 6.54 Å². The zero-order valence-electron chi connectivity index (χ0n) is 10.0. The summed E-state index contributed by atoms with van der Waals surface area (Å²) in [7, 11) is -3.79. The van der Waals surface area contributed by atoms with Crippen molar-refractivity contribution in [3.05, 3.63) is 46.3 Å². The Bertz CT molecular complexity index is 737. The number of benzene rings is 1. The van der Waals surface area contributed by atoms with Crippen molar-refractivity contribution in [2.24, 2.45) is 5.14 Å². The average Bonchev–Trinajstić information content (AvgIpc) is 2.39. The zero-order valence-corrected chi connectivity index (χ0v) is 12.4. The van der Waals surface area contributed by atoms with Crippen LogP contribution in [-0.4, -0.2) is 18.4 Å². The highest BCUT2D eigenvalue weighted by molar-refractivity contribution is 7.89. The zero-order chi connectivity index (χ0) is 14.8. The maximum Gasteiger partial charge on any atom is 0.238 e. The van der Waals surface area contributed by atoms with Crippen LogP contribution < -0.4 is 10.5 Å². The Hall–Kier alpha value is -1.41. The SMILES string of the molecule is NS(=O)(=O)c1ccccc1CNc1nc(Cl)ncc1Cl. The molecule has 1 aromatic carbocycles. The second-order valence-corrected chi connectivity index (χ2v) is 6.12. The largest absolute Gasteiger partial charge is 0.365 e. The third kappa shape index (κ3) is 3.57. The molecule has 2 aromatic rings. The summed E-state index contributed by atoms with van der Waals surface area (Å²) in [6, 6.07) is 6.38. The molecule has 0 saturated heterocycles. The summed E-state index contributed by atoms with van der Waals surface area (Å²) in [5.41, 5.74) is 0.501. The number of rotatable bonds is 4. The highest BCUT2D eigenvalue weighted by Crippen LogP contribution is 2.21. The molecule has 20 heavy (non-hydrogen) atoms. The molecular weight excluding hydrogens is 323 g/mol. The summed E-state index contributed by atoms with van der Waals surface area (Å²) >= 11 is 11.6. The first-order valence-electron chi connectivity index (χ1n) is 5.40. The topological polar surface area (TPSA) is 98.0 Å². The summed E-state index contributed by atoms with van der Waals surface area (Å²) in [6.45, 7) is 0.180. The standard InChI is InChI=1S/C11H10Cl2N4O2S/c12-8-6-16-11(13)17-10(8)15-5-7-3-1-2-4-9(7)20(14,18)19/h1-4,6H,5H2,(H2,14,18,19)(H,15,16,17). The number of hydrogen-bond acceptors (Lipinski definition) is 5. The van der Waals surface area contributed by atoms with Crippen LogP contribution >= 0.6 is 23.2 Å². The Labute approximate surface area is 126 Å². The maximum absolute atomic E-state index is 11.5. The summed E-state index contributed by atoms with van der Waals surface area (Å²) in [5, 5.41) is 8.37. The molecule has 1 heterocycles. The lowest BCUT2D eigenvalue weighted by atomic mass is 10.2. The number of halogens is 2. The minimum Gasteiger partial charge on any atom is -0.365 e. The van der Waals surface area contributed by atoms with E-state index >= 15 is 0 Å². The molecule has 0 saturated carbocycles. The third-order valence-corrected chi connectivity index (χ3v) is 3.91. The van der Waals surface area contributed by atoms with Crippen LogP contribution in [0.4, 0.5) is 5.82 Å². The second kappa shape index (κ2) is 5.92. The Morgan fingerprint density at radius 3 is 2.65 bits per heavy atom. The highest BCUT2D eigenvalue weighted by atomic mass is 35.5. The van der Waals surface area contributed by atoms with Crippen LogP contribution in [0.1, 0.15) is 5.56 Å². The highest BCUT2D eigenvalue weighted by Gasteiger charge is 2.13. The summed E-state index contributed by atoms with van der Waals surface area (Å²) in [5.74, 6) is 0.316. The fourth-order valence-electron chi connectivity index (χ4n) is 1.58. The molecule has 0 fully saturated rings. The minimum absolute atomic E-state index is 0.0385. The van der Waals surface area contributed by atoms with Gasteiger partial charge in [0.05, 0.1) is 11.1 Å². The van der Waals surface area contributed by atoms with Crippen molar-refractivity contribution in [2.45, 2.75) is 11.4 Å². The molecule has 3 N–H and O–H groups in total. The van der Waals surface area contributed by atoms with Gasteiger partial charge in [0.2, 0.25) is 15.3 Å². The quantitative estimate of drug-likeness (QED) is 0.835. The van der Waals surface area contributed by atoms with Crippen molar-refractivity contribution in [3.63, 3.8) is 0 Å². The molecule has 1 aromatic heterocycles. The van der Waals surface area contributed by atoms with E-state index in [2.05, 4.69) is 15.3 Å². The van der Waals surface area contributed by atoms with Gasteiger partial charge in [-0.3, -0.25) is 0 Å². The van der Waals surface area contributed by atoms with Crippen molar-refractivity contribution in [2.75, 3.05) is 5.32 Å². The van der Waals surface area contributed by atoms with E-state index in [4.69, 9.17) is 28.3 Å². The van der Waals surface area contributed by atoms with Crippen molar-refractivity contribution >= 4 is 39.0 Å². The van der Waals surface area contributed by atoms with Gasteiger partial charge in [-0.25, -0.2) is 18.5 Å². The summed E-state index contributed by atoms with van der Waals surface area (Å²) < 4.78 is 22.9. The van der Waals surface area contributed by atoms with Crippen LogP contribution in [0.15, 0.2) is 35.4 Å². The van der Waals surface area contributed by atoms with Gasteiger partial charge in [0.1, 0.15) is 10.8 Å². The van der Waals surface area contributed by atoms with E-state index in [1.54, 1.807) is 18.2 Å². The Balaban J connectivity index is 2.26. The van der Waals surface area contributed by atoms with E-state index in [1.807, 2.05) is 0 Å². The number of nitrogens with two attached hydrogens (primary N) is 1. The van der Waals surface area contributed by atoms with Crippen molar-refractivity contribution in [1.82, 2.24) is 9.97 Å². The lowest BCUT2D eigenvalue weighted by Crippen LogP contribution is -2.16. The number of sulfonamides is 1. The number of nitrogens with zero attached hydrogens (tertiary/aromatic N) is 2. The molecule has 0 radical (unpaired) electrons. The number of nitrogens with one attached hydrogen (secondary N) is 1. The third-order valence-electron chi connectivity index (χ3n) is 2.44. The molecule has 0 atom stereocenters. The molecule has 0 aliphatic rings. The first-order valence-corrected chi connectivity index (χ1v) is 7.71. The van der Waals surface area contributed by atoms with E-state index in [-0.39, 0.29) is 21.7 Å². The first-order chi connectivity index (χ1) is 9.38. The van der Waals surface area contributed by atoms with E-state index in [0.717, 1.165) is 0 Å². The molecular formula is C11H10Cl2N4O2S. The predicted octanol–water partition coefficient (Wildman–Crippen LogP) is 2.04. The number of aromatic nitrogens is 2. The van der Waals surface area contributed by atoms with Crippen molar-refractivity contribution in [3.8, 4) is 0 Å². The predicted molar refractivity (Wildman–Crippen MR) is 77.2 cm³/mol. The Kier molecular flexibility index (Phi) is 4.44. The number of anilines is 1. The molecule has 0 unspecified atom stereocenters. The molecule has 0 bridgehead atoms. The van der Waals surface area contributed by atoms with Gasteiger partial charge in [-0.2, -0.15) is 4.98 Å². The van der Waals surface area contributed by atoms with Crippen LogP contribution in [0.3, 0.4) is 0 Å². The maximum atomic E-state index is 11.5. The molecule has 0 aliphatic carbocycles. The molecule has 9 heteroatoms. The van der Waals surface area contributed by atoms with Gasteiger partial charge in [-0.15, -0.1) is 0 Å². The van der Waals surface area contributed by atoms with Gasteiger partial charge < -0.3 is 5.32 Å². The smallest absolute Gasteiger partial charge is 0.238 e. The van der Waals surface area contributed by atoms with Crippen LogP contribution in [-0.2, 0) is 16.6 Å². The fraction of sp³-hybridized carbons (Fsp3) is 0.0909. The molecule has 6 nitrogen and oxygen atoms in total. The lowest BCUT2D eigenvalue weighted by molar-refractivity contribution is 0.597. The fourth-order valence-corrected chi connectivity index (χ4v) is 2.64. The Morgan fingerprint density at radius 1 is 1.25 bits per heavy atom. The van der Waals surface area contributed by atoms with Crippen molar-refractivity contribution in [1.29, 1.82) is 0 Å². The molecule has 0 spiro atoms. The van der Waals surface area contributed by atoms with Crippen LogP contribution in [0, 0.1) is 0 Å². The summed E-state index contributed by atoms with van der Waals surface area (Å²) in [4.78, 5) is 7.67. The number of hydrogen-bond donors (Lipinski definition) is 2. The summed E-state index contributed by atoms with van der Waals surface area (Å²) in [6.07, 6.45) is 1.35.